The largest absolute Gasteiger partial charge is 0.0502 e. The highest BCUT2D eigenvalue weighted by molar-refractivity contribution is 4.96. The molecule has 67 valence electrons. The highest BCUT2D eigenvalue weighted by Gasteiger charge is 2.38. The van der Waals surface area contributed by atoms with Gasteiger partial charge < -0.3 is 0 Å². The molecule has 1 radical (unpaired) electrons. The number of hydrogen-bond donors (Lipinski definition) is 0. The van der Waals surface area contributed by atoms with Gasteiger partial charge in [0, 0.05) is 0 Å². The molecule has 12 heavy (non-hydrogen) atoms. The smallest absolute Gasteiger partial charge is 0.0352 e. The van der Waals surface area contributed by atoms with E-state index in [1.54, 1.807) is 32.1 Å². The van der Waals surface area contributed by atoms with Crippen LogP contribution in [0, 0.1) is 30.1 Å². The van der Waals surface area contributed by atoms with Crippen molar-refractivity contribution >= 4 is 0 Å². The lowest BCUT2D eigenvalue weighted by Gasteiger charge is -2.38. The summed E-state index contributed by atoms with van der Waals surface area (Å²) in [4.78, 5) is 0. The van der Waals surface area contributed by atoms with Crippen LogP contribution in [0.1, 0.15) is 44.9 Å². The van der Waals surface area contributed by atoms with Crippen LogP contribution in [0.3, 0.4) is 0 Å². The van der Waals surface area contributed by atoms with Crippen molar-refractivity contribution in [3.05, 3.63) is 6.42 Å². The second-order valence-corrected chi connectivity index (χ2v) is 5.24. The van der Waals surface area contributed by atoms with Crippen LogP contribution in [0.5, 0.6) is 0 Å². The number of hydrogen-bond acceptors (Lipinski definition) is 0. The van der Waals surface area contributed by atoms with Gasteiger partial charge in [0.1, 0.15) is 0 Å². The van der Waals surface area contributed by atoms with E-state index in [4.69, 9.17) is 0 Å². The Bertz CT molecular complexity index is 155. The molecule has 3 aliphatic carbocycles. The summed E-state index contributed by atoms with van der Waals surface area (Å²) in [6.45, 7) is 0. The molecule has 4 unspecified atom stereocenters. The molecule has 3 rings (SSSR count). The number of fused-ring (bicyclic) bond motifs is 2. The van der Waals surface area contributed by atoms with Crippen LogP contribution in [0.25, 0.3) is 0 Å². The first-order valence-electron chi connectivity index (χ1n) is 5.75. The molecule has 0 aliphatic heterocycles. The summed E-state index contributed by atoms with van der Waals surface area (Å²) in [5, 5.41) is 0. The molecule has 0 aromatic heterocycles. The molecule has 3 aliphatic rings. The van der Waals surface area contributed by atoms with Gasteiger partial charge in [-0.15, -0.1) is 0 Å². The van der Waals surface area contributed by atoms with Crippen LogP contribution >= 0.6 is 0 Å². The monoisotopic (exact) mass is 163 g/mol. The van der Waals surface area contributed by atoms with Crippen LogP contribution in [0.15, 0.2) is 0 Å². The normalized spacial score (nSPS) is 52.0. The summed E-state index contributed by atoms with van der Waals surface area (Å²) in [5.74, 6) is 4.40. The molecule has 0 saturated heterocycles. The summed E-state index contributed by atoms with van der Waals surface area (Å²) in [5.41, 5.74) is 0. The molecule has 0 N–H and O–H groups in total. The molecular weight excluding hydrogens is 144 g/mol. The zero-order valence-electron chi connectivity index (χ0n) is 7.84. The molecule has 0 heterocycles. The maximum Gasteiger partial charge on any atom is -0.0352 e. The summed E-state index contributed by atoms with van der Waals surface area (Å²) >= 11 is 0. The van der Waals surface area contributed by atoms with Crippen molar-refractivity contribution in [3.63, 3.8) is 0 Å². The van der Waals surface area contributed by atoms with Crippen molar-refractivity contribution in [2.24, 2.45) is 23.7 Å². The highest BCUT2D eigenvalue weighted by atomic mass is 14.4. The molecule has 0 aromatic rings. The van der Waals surface area contributed by atoms with Crippen LogP contribution in [-0.4, -0.2) is 0 Å². The Hall–Kier alpha value is 0. The lowest BCUT2D eigenvalue weighted by molar-refractivity contribution is 0.153. The third kappa shape index (κ3) is 1.11. The maximum absolute atomic E-state index is 2.65. The van der Waals surface area contributed by atoms with Crippen molar-refractivity contribution < 1.29 is 0 Å². The van der Waals surface area contributed by atoms with Crippen LogP contribution in [0.2, 0.25) is 0 Å². The van der Waals surface area contributed by atoms with Gasteiger partial charge in [0.2, 0.25) is 0 Å². The Morgan fingerprint density at radius 1 is 0.833 bits per heavy atom. The van der Waals surface area contributed by atoms with Gasteiger partial charge in [-0.3, -0.25) is 0 Å². The van der Waals surface area contributed by atoms with Crippen molar-refractivity contribution in [1.82, 2.24) is 0 Å². The van der Waals surface area contributed by atoms with E-state index in [2.05, 4.69) is 6.42 Å². The molecule has 4 atom stereocenters. The van der Waals surface area contributed by atoms with Crippen molar-refractivity contribution in [3.8, 4) is 0 Å². The predicted molar refractivity (Wildman–Crippen MR) is 50.6 cm³/mol. The molecule has 0 aromatic carbocycles. The zero-order chi connectivity index (χ0) is 7.97. The minimum Gasteiger partial charge on any atom is -0.0502 e. The van der Waals surface area contributed by atoms with Crippen LogP contribution in [0.4, 0.5) is 0 Å². The van der Waals surface area contributed by atoms with Gasteiger partial charge in [-0.25, -0.2) is 0 Å². The van der Waals surface area contributed by atoms with Crippen molar-refractivity contribution in [2.45, 2.75) is 44.9 Å². The first-order chi connectivity index (χ1) is 5.92. The van der Waals surface area contributed by atoms with Gasteiger partial charge >= 0.3 is 0 Å². The third-order valence-corrected chi connectivity index (χ3v) is 4.57. The van der Waals surface area contributed by atoms with Crippen LogP contribution < -0.4 is 0 Å². The first-order valence-corrected chi connectivity index (χ1v) is 5.75. The second-order valence-electron chi connectivity index (χ2n) is 5.24. The van der Waals surface area contributed by atoms with E-state index in [-0.39, 0.29) is 0 Å². The van der Waals surface area contributed by atoms with Gasteiger partial charge in [-0.2, -0.15) is 0 Å². The Morgan fingerprint density at radius 3 is 2.75 bits per heavy atom. The minimum atomic E-state index is 1.02. The maximum atomic E-state index is 2.65. The molecule has 0 amide bonds. The Balaban J connectivity index is 1.85. The molecule has 3 fully saturated rings. The van der Waals surface area contributed by atoms with E-state index in [0.717, 1.165) is 23.7 Å². The average Bonchev–Trinajstić information content (AvgIpc) is 2.21. The number of rotatable bonds is 0. The SMILES string of the molecule is [CH]1CC2CCC3CCC1CC2C3. The van der Waals surface area contributed by atoms with E-state index in [0.29, 0.717) is 0 Å². The first kappa shape index (κ1) is 7.41. The van der Waals surface area contributed by atoms with Gasteiger partial charge in [0.05, 0.1) is 0 Å². The van der Waals surface area contributed by atoms with E-state index in [1.807, 2.05) is 0 Å². The second kappa shape index (κ2) is 2.75. The van der Waals surface area contributed by atoms with E-state index in [9.17, 15) is 0 Å². The highest BCUT2D eigenvalue weighted by Crippen LogP contribution is 2.49. The molecule has 0 nitrogen and oxygen atoms in total. The van der Waals surface area contributed by atoms with Crippen molar-refractivity contribution in [1.29, 1.82) is 0 Å². The molecule has 0 heteroatoms. The lowest BCUT2D eigenvalue weighted by atomic mass is 9.67. The topological polar surface area (TPSA) is 0 Å². The standard InChI is InChI=1S/C12H19/c1-2-10-4-6-11-5-3-9(1)7-12(11)8-10/h3,9-12H,1-2,4-8H2. The Labute approximate surface area is 75.7 Å². The molecule has 0 spiro atoms. The zero-order valence-corrected chi connectivity index (χ0v) is 7.84. The molecular formula is C12H19. The van der Waals surface area contributed by atoms with E-state index >= 15 is 0 Å². The summed E-state index contributed by atoms with van der Waals surface area (Å²) in [6.07, 6.45) is 13.4. The van der Waals surface area contributed by atoms with Gasteiger partial charge in [0.25, 0.3) is 0 Å². The van der Waals surface area contributed by atoms with Crippen LogP contribution in [-0.2, 0) is 0 Å². The van der Waals surface area contributed by atoms with E-state index in [1.165, 1.54) is 12.8 Å². The predicted octanol–water partition coefficient (Wildman–Crippen LogP) is 3.43. The van der Waals surface area contributed by atoms with Crippen molar-refractivity contribution in [2.75, 3.05) is 0 Å². The summed E-state index contributed by atoms with van der Waals surface area (Å²) < 4.78 is 0. The fraction of sp³-hybridized carbons (Fsp3) is 0.917. The molecule has 3 bridgehead atoms. The Kier molecular flexibility index (Phi) is 1.70. The summed E-state index contributed by atoms with van der Waals surface area (Å²) in [7, 11) is 0. The third-order valence-electron chi connectivity index (χ3n) is 4.57. The fourth-order valence-electron chi connectivity index (χ4n) is 3.82. The minimum absolute atomic E-state index is 1.02. The fourth-order valence-corrected chi connectivity index (χ4v) is 3.82. The van der Waals surface area contributed by atoms with Gasteiger partial charge in [-0.1, -0.05) is 12.8 Å². The van der Waals surface area contributed by atoms with Gasteiger partial charge in [0.15, 0.2) is 0 Å². The summed E-state index contributed by atoms with van der Waals surface area (Å²) in [6, 6.07) is 0. The quantitative estimate of drug-likeness (QED) is 0.513. The lowest BCUT2D eigenvalue weighted by Crippen LogP contribution is -2.28. The average molecular weight is 163 g/mol. The van der Waals surface area contributed by atoms with E-state index < -0.39 is 0 Å². The molecule has 3 saturated carbocycles. The Morgan fingerprint density at radius 2 is 1.75 bits per heavy atom. The van der Waals surface area contributed by atoms with Gasteiger partial charge in [-0.05, 0) is 62.2 Å².